The summed E-state index contributed by atoms with van der Waals surface area (Å²) >= 11 is 0. The van der Waals surface area contributed by atoms with Crippen LogP contribution in [0.1, 0.15) is 36.5 Å². The van der Waals surface area contributed by atoms with Gasteiger partial charge in [-0.05, 0) is 134 Å². The van der Waals surface area contributed by atoms with Crippen molar-refractivity contribution in [2.45, 2.75) is 48.6 Å². The number of aliphatic imine (C=N–C) groups is 3. The van der Waals surface area contributed by atoms with Crippen molar-refractivity contribution in [3.63, 3.8) is 0 Å². The average Bonchev–Trinajstić information content (AvgIpc) is 2.52. The minimum atomic E-state index is -0.697. The van der Waals surface area contributed by atoms with Gasteiger partial charge < -0.3 is 47.9 Å². The van der Waals surface area contributed by atoms with E-state index in [4.69, 9.17) is 33.2 Å². The van der Waals surface area contributed by atoms with Crippen LogP contribution in [-0.2, 0) is 39.6 Å². The fraction of sp³-hybridized carbons (Fsp3) is 0.301. The van der Waals surface area contributed by atoms with Crippen molar-refractivity contribution in [2.75, 3.05) is 102 Å². The van der Waals surface area contributed by atoms with Crippen LogP contribution in [0.3, 0.4) is 0 Å². The Bertz CT molecular complexity index is 3260. The highest BCUT2D eigenvalue weighted by molar-refractivity contribution is 5.76. The standard InChI is InChI=1S/C28H28N2O2.C23H26N2O2.C22H26N2O3/c1-31-27-18-19-29-20-28(27,32-26-17-16-22-10-8-9-15-25(22)26)21-30(23-11-4-2-5-12-23)24-13-6-3-7-14-24;1-26-22-14-15-24-17-23(22,27-16-19-12-13-19)18-25(20-8-4-2-5-9-20)21-10-6-3-7-11-21;1-25-15-16-27-22(17-23-14-13-21(22)26-2)18-24(19-9-5-3-6-10-19)20-11-7-4-8-12-20/h2-15,18-19,26H,16-17,20-21H2,1H3;2-11,14-15,19H,12-13,16-18H2,1H3;3-14H,15-18H2,1-2H3. The Morgan fingerprint density at radius 1 is 0.395 bits per heavy atom. The van der Waals surface area contributed by atoms with Gasteiger partial charge in [-0.1, -0.05) is 133 Å². The number of methoxy groups -OCH3 is 4. The van der Waals surface area contributed by atoms with Crippen LogP contribution in [0, 0.1) is 5.92 Å². The quantitative estimate of drug-likeness (QED) is 0.0542. The lowest BCUT2D eigenvalue weighted by Gasteiger charge is -2.41. The minimum absolute atomic E-state index is 0.0199. The molecule has 0 amide bonds. The van der Waals surface area contributed by atoms with E-state index in [1.807, 2.05) is 91.3 Å². The molecular formula is C73H80N6O7. The summed E-state index contributed by atoms with van der Waals surface area (Å²) in [5.41, 5.74) is 7.33. The summed E-state index contributed by atoms with van der Waals surface area (Å²) in [5, 5.41) is 0. The summed E-state index contributed by atoms with van der Waals surface area (Å²) in [7, 11) is 6.79. The highest BCUT2D eigenvalue weighted by Crippen LogP contribution is 2.43. The van der Waals surface area contributed by atoms with Crippen LogP contribution < -0.4 is 14.7 Å². The van der Waals surface area contributed by atoms with E-state index in [0.717, 1.165) is 70.9 Å². The van der Waals surface area contributed by atoms with E-state index < -0.39 is 16.8 Å². The average molecular weight is 1150 g/mol. The maximum absolute atomic E-state index is 6.99. The minimum Gasteiger partial charge on any atom is -0.498 e. The monoisotopic (exact) mass is 1150 g/mol. The molecule has 0 N–H and O–H groups in total. The molecule has 0 aromatic heterocycles. The Morgan fingerprint density at radius 3 is 1.13 bits per heavy atom. The zero-order valence-corrected chi connectivity index (χ0v) is 50.0. The molecule has 4 atom stereocenters. The molecule has 0 radical (unpaired) electrons. The molecular weight excluding hydrogens is 1070 g/mol. The number of dihydropyridines is 3. The number of rotatable bonds is 24. The molecule has 12 rings (SSSR count). The van der Waals surface area contributed by atoms with E-state index in [2.05, 4.69) is 175 Å². The van der Waals surface area contributed by atoms with Gasteiger partial charge in [-0.25, -0.2) is 0 Å². The van der Waals surface area contributed by atoms with Crippen molar-refractivity contribution >= 4 is 52.8 Å². The van der Waals surface area contributed by atoms with Crippen LogP contribution in [0.4, 0.5) is 34.1 Å². The molecule has 2 aliphatic carbocycles. The lowest BCUT2D eigenvalue weighted by Crippen LogP contribution is -2.50. The third-order valence-corrected chi connectivity index (χ3v) is 16.1. The van der Waals surface area contributed by atoms with Crippen molar-refractivity contribution in [3.05, 3.63) is 253 Å². The first kappa shape index (κ1) is 60.5. The highest BCUT2D eigenvalue weighted by Gasteiger charge is 2.45. The second kappa shape index (κ2) is 30.0. The summed E-state index contributed by atoms with van der Waals surface area (Å²) in [6.45, 7) is 5.11. The Morgan fingerprint density at radius 2 is 0.744 bits per heavy atom. The first-order valence-electron chi connectivity index (χ1n) is 29.8. The summed E-state index contributed by atoms with van der Waals surface area (Å²) in [6, 6.07) is 70.9. The van der Waals surface area contributed by atoms with Crippen LogP contribution >= 0.6 is 0 Å². The van der Waals surface area contributed by atoms with Gasteiger partial charge in [0.25, 0.3) is 0 Å². The second-order valence-electron chi connectivity index (χ2n) is 21.9. The van der Waals surface area contributed by atoms with Crippen molar-refractivity contribution in [3.8, 4) is 0 Å². The molecule has 7 aromatic rings. The lowest BCUT2D eigenvalue weighted by molar-refractivity contribution is -0.0853. The molecule has 0 bridgehead atoms. The van der Waals surface area contributed by atoms with E-state index in [1.165, 1.54) is 24.0 Å². The number of allylic oxidation sites excluding steroid dienone is 3. The van der Waals surface area contributed by atoms with E-state index in [9.17, 15) is 0 Å². The fourth-order valence-electron chi connectivity index (χ4n) is 11.5. The van der Waals surface area contributed by atoms with Crippen molar-refractivity contribution in [1.29, 1.82) is 0 Å². The van der Waals surface area contributed by atoms with Crippen molar-refractivity contribution in [2.24, 2.45) is 20.9 Å². The smallest absolute Gasteiger partial charge is 0.163 e. The van der Waals surface area contributed by atoms with Gasteiger partial charge in [0.1, 0.15) is 17.3 Å². The summed E-state index contributed by atoms with van der Waals surface area (Å²) < 4.78 is 42.4. The number of ether oxygens (including phenoxy) is 7. The molecule has 3 aliphatic heterocycles. The summed E-state index contributed by atoms with van der Waals surface area (Å²) in [6.07, 6.45) is 15.7. The van der Waals surface area contributed by atoms with Gasteiger partial charge in [0.2, 0.25) is 0 Å². The molecule has 444 valence electrons. The molecule has 0 saturated heterocycles. The third kappa shape index (κ3) is 15.1. The first-order valence-corrected chi connectivity index (χ1v) is 29.8. The lowest BCUT2D eigenvalue weighted by atomic mass is 9.96. The molecule has 0 spiro atoms. The number of hydrogen-bond donors (Lipinski definition) is 0. The molecule has 7 aromatic carbocycles. The zero-order valence-electron chi connectivity index (χ0n) is 50.0. The zero-order chi connectivity index (χ0) is 59.3. The van der Waals surface area contributed by atoms with Crippen molar-refractivity contribution in [1.82, 2.24) is 0 Å². The largest absolute Gasteiger partial charge is 0.498 e. The Kier molecular flexibility index (Phi) is 21.1. The Balaban J connectivity index is 0.000000144. The van der Waals surface area contributed by atoms with Crippen LogP contribution in [0.15, 0.2) is 257 Å². The number of para-hydroxylation sites is 6. The third-order valence-electron chi connectivity index (χ3n) is 16.1. The van der Waals surface area contributed by atoms with E-state index in [0.29, 0.717) is 58.4 Å². The molecule has 13 heteroatoms. The van der Waals surface area contributed by atoms with E-state index in [1.54, 1.807) is 34.7 Å². The maximum Gasteiger partial charge on any atom is 0.163 e. The number of hydrogen-bond acceptors (Lipinski definition) is 13. The van der Waals surface area contributed by atoms with Crippen LogP contribution in [-0.4, -0.2) is 123 Å². The first-order chi connectivity index (χ1) is 42.4. The highest BCUT2D eigenvalue weighted by atomic mass is 16.6. The number of benzene rings is 7. The van der Waals surface area contributed by atoms with Gasteiger partial charge in [-0.3, -0.25) is 15.0 Å². The van der Waals surface area contributed by atoms with Crippen LogP contribution in [0.5, 0.6) is 0 Å². The van der Waals surface area contributed by atoms with Gasteiger partial charge in [0.15, 0.2) is 16.8 Å². The van der Waals surface area contributed by atoms with Gasteiger partial charge in [0, 0.05) is 59.9 Å². The predicted octanol–water partition coefficient (Wildman–Crippen LogP) is 14.3. The summed E-state index contributed by atoms with van der Waals surface area (Å²) in [5.74, 6) is 3.10. The molecule has 1 saturated carbocycles. The number of nitrogens with zero attached hydrogens (tertiary/aromatic N) is 6. The number of aryl methyl sites for hydroxylation is 1. The predicted molar refractivity (Wildman–Crippen MR) is 348 cm³/mol. The van der Waals surface area contributed by atoms with Gasteiger partial charge >= 0.3 is 0 Å². The van der Waals surface area contributed by atoms with E-state index in [-0.39, 0.29) is 6.10 Å². The fourth-order valence-corrected chi connectivity index (χ4v) is 11.5. The Labute approximate surface area is 508 Å². The SMILES string of the molecule is COC1=CC=NCC1(CN(c1ccccc1)c1ccccc1)OC1CCc2ccccc21.COC1=CC=NCC1(CN(c1ccccc1)c1ccccc1)OCC1CC1.COCCOC1(CN(c2ccccc2)c2ccccc2)CN=CC=C1OC. The molecule has 5 aliphatic rings. The molecule has 13 nitrogen and oxygen atoms in total. The molecule has 4 unspecified atom stereocenters. The van der Waals surface area contributed by atoms with Crippen LogP contribution in [0.25, 0.3) is 0 Å². The molecule has 3 heterocycles. The van der Waals surface area contributed by atoms with Crippen molar-refractivity contribution < 1.29 is 33.2 Å². The molecule has 86 heavy (non-hydrogen) atoms. The van der Waals surface area contributed by atoms with E-state index >= 15 is 0 Å². The number of fused-ring (bicyclic) bond motifs is 1. The maximum atomic E-state index is 6.99. The van der Waals surface area contributed by atoms with Gasteiger partial charge in [0.05, 0.1) is 86.5 Å². The normalized spacial score (nSPS) is 20.7. The van der Waals surface area contributed by atoms with Gasteiger partial charge in [-0.2, -0.15) is 0 Å². The topological polar surface area (TPSA) is 111 Å². The Hall–Kier alpha value is -8.59. The molecule has 1 fully saturated rings. The van der Waals surface area contributed by atoms with Gasteiger partial charge in [-0.15, -0.1) is 0 Å². The number of anilines is 6. The summed E-state index contributed by atoms with van der Waals surface area (Å²) in [4.78, 5) is 20.5. The van der Waals surface area contributed by atoms with Crippen LogP contribution in [0.2, 0.25) is 0 Å². The second-order valence-corrected chi connectivity index (χ2v) is 21.9.